The molecule has 266 valence electrons. The number of carbonyl (C=O) groups excluding carboxylic acids is 2. The standard InChI is InChI=1S/C35H52N6O5S.ClH/c1-4-5-21-40-33(43)31(32(42)27-11-7-6-8-12-27)36-34(44)35(40)17-22-38(23-18-35)24-30-25(2)37-41(26(30)3)28-13-15-29(16-14-28)47(45,46)39-19-9-10-20-39;/h13-16,27,31-32,42H,4-12,17-24H2,1-3H3,(H,36,44);1H/t31-,32-;/m1./s1. The molecule has 1 spiro atoms. The molecule has 2 aromatic rings. The number of hydrogen-bond donors (Lipinski definition) is 2. The van der Waals surface area contributed by atoms with Crippen LogP contribution in [-0.4, -0.2) is 99.6 Å². The molecule has 48 heavy (non-hydrogen) atoms. The van der Waals surface area contributed by atoms with Gasteiger partial charge in [0.1, 0.15) is 11.6 Å². The van der Waals surface area contributed by atoms with Crippen LogP contribution in [0, 0.1) is 19.8 Å². The fourth-order valence-corrected chi connectivity index (χ4v) is 9.77. The summed E-state index contributed by atoms with van der Waals surface area (Å²) >= 11 is 0. The summed E-state index contributed by atoms with van der Waals surface area (Å²) in [6.45, 7) is 9.78. The highest BCUT2D eigenvalue weighted by Crippen LogP contribution is 2.37. The van der Waals surface area contributed by atoms with Gasteiger partial charge in [-0.2, -0.15) is 9.40 Å². The maximum Gasteiger partial charge on any atom is 0.248 e. The number of aryl methyl sites for hydroxylation is 1. The number of hydrogen-bond acceptors (Lipinski definition) is 7. The Hall–Kier alpha value is -2.51. The minimum atomic E-state index is -3.48. The number of sulfonamides is 1. The summed E-state index contributed by atoms with van der Waals surface area (Å²) < 4.78 is 29.4. The monoisotopic (exact) mass is 704 g/mol. The van der Waals surface area contributed by atoms with Crippen molar-refractivity contribution < 1.29 is 23.1 Å². The zero-order chi connectivity index (χ0) is 33.3. The molecule has 2 amide bonds. The number of nitrogens with one attached hydrogen (secondary N) is 1. The van der Waals surface area contributed by atoms with E-state index in [1.54, 1.807) is 16.4 Å². The van der Waals surface area contributed by atoms with Crippen molar-refractivity contribution in [1.29, 1.82) is 0 Å². The van der Waals surface area contributed by atoms with Gasteiger partial charge in [0.15, 0.2) is 0 Å². The first-order valence-electron chi connectivity index (χ1n) is 17.8. The highest BCUT2D eigenvalue weighted by molar-refractivity contribution is 7.89. The third-order valence-corrected chi connectivity index (χ3v) is 13.2. The number of nitrogens with zero attached hydrogens (tertiary/aromatic N) is 5. The lowest BCUT2D eigenvalue weighted by atomic mass is 9.78. The summed E-state index contributed by atoms with van der Waals surface area (Å²) in [5.41, 5.74) is 2.93. The summed E-state index contributed by atoms with van der Waals surface area (Å²) in [6.07, 6.45) is 8.85. The van der Waals surface area contributed by atoms with Gasteiger partial charge >= 0.3 is 0 Å². The van der Waals surface area contributed by atoms with Crippen molar-refractivity contribution in [3.05, 3.63) is 41.2 Å². The number of benzene rings is 1. The summed E-state index contributed by atoms with van der Waals surface area (Å²) in [5, 5.41) is 19.1. The van der Waals surface area contributed by atoms with Gasteiger partial charge in [0.25, 0.3) is 0 Å². The molecule has 4 aliphatic rings. The fraction of sp³-hybridized carbons (Fsp3) is 0.686. The molecule has 1 aliphatic carbocycles. The quantitative estimate of drug-likeness (QED) is 0.381. The molecule has 2 N–H and O–H groups in total. The molecule has 1 aromatic carbocycles. The van der Waals surface area contributed by atoms with Gasteiger partial charge in [0.2, 0.25) is 21.8 Å². The van der Waals surface area contributed by atoms with Crippen molar-refractivity contribution in [2.75, 3.05) is 32.7 Å². The van der Waals surface area contributed by atoms with Crippen molar-refractivity contribution in [1.82, 2.24) is 29.2 Å². The highest BCUT2D eigenvalue weighted by Gasteiger charge is 2.55. The van der Waals surface area contributed by atoms with E-state index in [9.17, 15) is 23.1 Å². The average molecular weight is 705 g/mol. The third kappa shape index (κ3) is 6.92. The Morgan fingerprint density at radius 3 is 2.25 bits per heavy atom. The van der Waals surface area contributed by atoms with Crippen molar-refractivity contribution in [3.63, 3.8) is 0 Å². The molecule has 2 atom stereocenters. The number of unbranched alkanes of at least 4 members (excludes halogenated alkanes) is 1. The zero-order valence-corrected chi connectivity index (χ0v) is 30.3. The molecule has 4 fully saturated rings. The van der Waals surface area contributed by atoms with Crippen molar-refractivity contribution in [2.24, 2.45) is 5.92 Å². The van der Waals surface area contributed by atoms with Gasteiger partial charge in [-0.05, 0) is 89.0 Å². The summed E-state index contributed by atoms with van der Waals surface area (Å²) in [7, 11) is -3.48. The van der Waals surface area contributed by atoms with Crippen LogP contribution in [0.4, 0.5) is 0 Å². The molecule has 3 aliphatic heterocycles. The second-order valence-electron chi connectivity index (χ2n) is 14.2. The molecule has 11 nitrogen and oxygen atoms in total. The van der Waals surface area contributed by atoms with Crippen LogP contribution >= 0.6 is 12.4 Å². The number of aliphatic hydroxyl groups excluding tert-OH is 1. The normalized spacial score (nSPS) is 23.3. The summed E-state index contributed by atoms with van der Waals surface area (Å²) in [4.78, 5) is 32.3. The van der Waals surface area contributed by atoms with Crippen LogP contribution in [0.2, 0.25) is 0 Å². The van der Waals surface area contributed by atoms with Gasteiger partial charge in [-0.15, -0.1) is 12.4 Å². The molecule has 0 unspecified atom stereocenters. The van der Waals surface area contributed by atoms with Crippen LogP contribution in [0.25, 0.3) is 5.69 Å². The van der Waals surface area contributed by atoms with E-state index in [1.165, 1.54) is 0 Å². The van der Waals surface area contributed by atoms with E-state index in [-0.39, 0.29) is 30.1 Å². The van der Waals surface area contributed by atoms with Gasteiger partial charge in [-0.25, -0.2) is 13.1 Å². The zero-order valence-electron chi connectivity index (χ0n) is 28.7. The molecule has 1 saturated carbocycles. The number of aromatic nitrogens is 2. The smallest absolute Gasteiger partial charge is 0.248 e. The molecule has 0 radical (unpaired) electrons. The topological polar surface area (TPSA) is 128 Å². The second-order valence-corrected chi connectivity index (χ2v) is 16.1. The molecule has 1 aromatic heterocycles. The Morgan fingerprint density at radius 1 is 0.979 bits per heavy atom. The van der Waals surface area contributed by atoms with Crippen LogP contribution in [0.3, 0.4) is 0 Å². The predicted molar refractivity (Wildman–Crippen MR) is 187 cm³/mol. The van der Waals surface area contributed by atoms with E-state index < -0.39 is 27.7 Å². The van der Waals surface area contributed by atoms with Gasteiger partial charge < -0.3 is 15.3 Å². The van der Waals surface area contributed by atoms with Crippen LogP contribution in [0.5, 0.6) is 0 Å². The highest BCUT2D eigenvalue weighted by atomic mass is 35.5. The first-order chi connectivity index (χ1) is 22.6. The Morgan fingerprint density at radius 2 is 1.62 bits per heavy atom. The fourth-order valence-electron chi connectivity index (χ4n) is 8.25. The van der Waals surface area contributed by atoms with Crippen molar-refractivity contribution >= 4 is 34.2 Å². The molecular formula is C35H53ClN6O5S. The van der Waals surface area contributed by atoms with Gasteiger partial charge in [-0.3, -0.25) is 14.5 Å². The molecule has 3 saturated heterocycles. The van der Waals surface area contributed by atoms with Crippen LogP contribution < -0.4 is 5.32 Å². The molecule has 4 heterocycles. The number of amides is 2. The SMILES string of the molecule is CCCCN1C(=O)[C@@H]([C@H](O)C2CCCCC2)NC(=O)C12CCN(Cc1c(C)nn(-c3ccc(S(=O)(=O)N4CCCC4)cc3)c1C)CC2.Cl. The molecular weight excluding hydrogens is 652 g/mol. The number of piperidine rings is 1. The van der Waals surface area contributed by atoms with E-state index in [2.05, 4.69) is 17.1 Å². The van der Waals surface area contributed by atoms with E-state index in [4.69, 9.17) is 5.10 Å². The first kappa shape index (κ1) is 36.8. The minimum absolute atomic E-state index is 0. The number of rotatable bonds is 10. The Labute approximate surface area is 291 Å². The molecule has 6 rings (SSSR count). The lowest BCUT2D eigenvalue weighted by Crippen LogP contribution is -2.75. The van der Waals surface area contributed by atoms with Crippen LogP contribution in [0.1, 0.15) is 94.5 Å². The van der Waals surface area contributed by atoms with Crippen LogP contribution in [-0.2, 0) is 26.2 Å². The third-order valence-electron chi connectivity index (χ3n) is 11.3. The van der Waals surface area contributed by atoms with E-state index in [0.717, 1.165) is 80.4 Å². The summed E-state index contributed by atoms with van der Waals surface area (Å²) in [5.74, 6) is -0.199. The second kappa shape index (κ2) is 15.2. The molecule has 13 heteroatoms. The largest absolute Gasteiger partial charge is 0.390 e. The van der Waals surface area contributed by atoms with Crippen LogP contribution in [0.15, 0.2) is 29.2 Å². The maximum absolute atomic E-state index is 14.0. The van der Waals surface area contributed by atoms with E-state index in [1.807, 2.05) is 35.6 Å². The number of likely N-dealkylation sites (tertiary alicyclic amines) is 1. The Balaban J connectivity index is 0.00000451. The molecule has 0 bridgehead atoms. The van der Waals surface area contributed by atoms with Gasteiger partial charge in [0, 0.05) is 50.5 Å². The van der Waals surface area contributed by atoms with E-state index >= 15 is 0 Å². The van der Waals surface area contributed by atoms with Gasteiger partial charge in [-0.1, -0.05) is 32.6 Å². The van der Waals surface area contributed by atoms with Crippen molar-refractivity contribution in [2.45, 2.75) is 121 Å². The summed E-state index contributed by atoms with van der Waals surface area (Å²) in [6, 6.07) is 6.11. The predicted octanol–water partition coefficient (Wildman–Crippen LogP) is 4.10. The maximum atomic E-state index is 14.0. The number of carbonyl (C=O) groups is 2. The first-order valence-corrected chi connectivity index (χ1v) is 19.2. The number of aliphatic hydroxyl groups is 1. The van der Waals surface area contributed by atoms with Crippen molar-refractivity contribution in [3.8, 4) is 5.69 Å². The minimum Gasteiger partial charge on any atom is -0.390 e. The lowest BCUT2D eigenvalue weighted by Gasteiger charge is -2.52. The number of piperazine rings is 1. The number of halogens is 1. The lowest BCUT2D eigenvalue weighted by molar-refractivity contribution is -0.166. The van der Waals surface area contributed by atoms with Gasteiger partial charge in [0.05, 0.1) is 22.4 Å². The Kier molecular flexibility index (Phi) is 11.6. The van der Waals surface area contributed by atoms with E-state index in [0.29, 0.717) is 57.0 Å². The average Bonchev–Trinajstić information content (AvgIpc) is 3.73. The Bertz CT molecular complexity index is 1540.